The number of aromatic hydroxyl groups is 1. The average molecular weight is 273 g/mol. The highest BCUT2D eigenvalue weighted by atomic mass is 19.1. The highest BCUT2D eigenvalue weighted by molar-refractivity contribution is 5.42. The number of aryl methyl sites for hydroxylation is 2. The van der Waals surface area contributed by atoms with Crippen molar-refractivity contribution in [3.05, 3.63) is 64.5 Å². The lowest BCUT2D eigenvalue weighted by molar-refractivity contribution is 0.466. The molecule has 0 aromatic heterocycles. The lowest BCUT2D eigenvalue weighted by Crippen LogP contribution is -2.16. The first-order valence-corrected chi connectivity index (χ1v) is 6.80. The molecule has 0 amide bonds. The highest BCUT2D eigenvalue weighted by Gasteiger charge is 2.03. The fourth-order valence-electron chi connectivity index (χ4n) is 2.26. The first-order valence-electron chi connectivity index (χ1n) is 6.80. The molecule has 2 rings (SSSR count). The van der Waals surface area contributed by atoms with E-state index in [1.807, 2.05) is 38.1 Å². The first kappa shape index (κ1) is 14.5. The normalized spacial score (nSPS) is 10.8. The summed E-state index contributed by atoms with van der Waals surface area (Å²) < 4.78 is 12.8. The van der Waals surface area contributed by atoms with Crippen molar-refractivity contribution >= 4 is 0 Å². The minimum atomic E-state index is -0.197. The number of nitrogens with one attached hydrogen (secondary N) is 1. The summed E-state index contributed by atoms with van der Waals surface area (Å²) in [5.41, 5.74) is 4.09. The maximum absolute atomic E-state index is 12.8. The minimum Gasteiger partial charge on any atom is -0.507 e. The van der Waals surface area contributed by atoms with Crippen LogP contribution in [0, 0.1) is 19.7 Å². The van der Waals surface area contributed by atoms with Gasteiger partial charge in [0, 0.05) is 6.54 Å². The molecule has 0 bridgehead atoms. The molecule has 0 saturated carbocycles. The summed E-state index contributed by atoms with van der Waals surface area (Å²) >= 11 is 0. The Morgan fingerprint density at radius 3 is 2.20 bits per heavy atom. The van der Waals surface area contributed by atoms with Crippen molar-refractivity contribution in [3.8, 4) is 5.75 Å². The summed E-state index contributed by atoms with van der Waals surface area (Å²) in [5.74, 6) is 0.178. The van der Waals surface area contributed by atoms with Crippen LogP contribution in [0.3, 0.4) is 0 Å². The molecule has 0 radical (unpaired) electrons. The summed E-state index contributed by atoms with van der Waals surface area (Å²) in [6.45, 7) is 5.42. The summed E-state index contributed by atoms with van der Waals surface area (Å²) in [7, 11) is 0. The topological polar surface area (TPSA) is 32.3 Å². The third-order valence-corrected chi connectivity index (χ3v) is 3.38. The van der Waals surface area contributed by atoms with Crippen LogP contribution in [0.5, 0.6) is 5.75 Å². The van der Waals surface area contributed by atoms with Crippen LogP contribution in [-0.4, -0.2) is 11.7 Å². The predicted octanol–water partition coefficient (Wildman–Crippen LogP) is 3.48. The van der Waals surface area contributed by atoms with E-state index in [0.717, 1.165) is 41.8 Å². The van der Waals surface area contributed by atoms with Crippen LogP contribution in [0.1, 0.15) is 22.3 Å². The molecule has 0 heterocycles. The van der Waals surface area contributed by atoms with Crippen molar-refractivity contribution in [1.82, 2.24) is 5.32 Å². The molecule has 0 atom stereocenters. The van der Waals surface area contributed by atoms with Gasteiger partial charge >= 0.3 is 0 Å². The van der Waals surface area contributed by atoms with Gasteiger partial charge in [-0.1, -0.05) is 24.3 Å². The van der Waals surface area contributed by atoms with Gasteiger partial charge in [-0.25, -0.2) is 4.39 Å². The van der Waals surface area contributed by atoms with Gasteiger partial charge in [0.1, 0.15) is 11.6 Å². The molecule has 0 aliphatic carbocycles. The summed E-state index contributed by atoms with van der Waals surface area (Å²) in [6, 6.07) is 10.6. The quantitative estimate of drug-likeness (QED) is 0.817. The Kier molecular flexibility index (Phi) is 4.74. The zero-order valence-electron chi connectivity index (χ0n) is 11.9. The lowest BCUT2D eigenvalue weighted by Gasteiger charge is -2.09. The SMILES string of the molecule is Cc1cc(CNCCc2ccc(F)cc2)cc(C)c1O. The second-order valence-corrected chi connectivity index (χ2v) is 5.13. The summed E-state index contributed by atoms with van der Waals surface area (Å²) in [4.78, 5) is 0. The monoisotopic (exact) mass is 273 g/mol. The summed E-state index contributed by atoms with van der Waals surface area (Å²) in [5, 5.41) is 13.1. The molecule has 0 saturated heterocycles. The van der Waals surface area contributed by atoms with Crippen molar-refractivity contribution in [3.63, 3.8) is 0 Å². The Morgan fingerprint density at radius 2 is 1.60 bits per heavy atom. The Balaban J connectivity index is 1.83. The van der Waals surface area contributed by atoms with Gasteiger partial charge in [-0.2, -0.15) is 0 Å². The maximum Gasteiger partial charge on any atom is 0.123 e. The second kappa shape index (κ2) is 6.53. The van der Waals surface area contributed by atoms with Gasteiger partial charge in [0.25, 0.3) is 0 Å². The zero-order chi connectivity index (χ0) is 14.5. The Morgan fingerprint density at radius 1 is 1.00 bits per heavy atom. The number of benzene rings is 2. The number of halogens is 1. The first-order chi connectivity index (χ1) is 9.56. The van der Waals surface area contributed by atoms with Gasteiger partial charge in [-0.05, 0) is 61.2 Å². The van der Waals surface area contributed by atoms with E-state index >= 15 is 0 Å². The van der Waals surface area contributed by atoms with Crippen molar-refractivity contribution in [2.24, 2.45) is 0 Å². The van der Waals surface area contributed by atoms with Crippen LogP contribution >= 0.6 is 0 Å². The second-order valence-electron chi connectivity index (χ2n) is 5.13. The number of phenolic OH excluding ortho intramolecular Hbond substituents is 1. The zero-order valence-corrected chi connectivity index (χ0v) is 11.9. The van der Waals surface area contributed by atoms with E-state index in [2.05, 4.69) is 5.32 Å². The molecule has 0 unspecified atom stereocenters. The molecule has 0 aliphatic heterocycles. The minimum absolute atomic E-state index is 0.197. The number of rotatable bonds is 5. The van der Waals surface area contributed by atoms with Crippen molar-refractivity contribution in [1.29, 1.82) is 0 Å². The van der Waals surface area contributed by atoms with Gasteiger partial charge in [0.2, 0.25) is 0 Å². The molecule has 106 valence electrons. The molecule has 0 aliphatic rings. The van der Waals surface area contributed by atoms with Gasteiger partial charge in [0.05, 0.1) is 0 Å². The van der Waals surface area contributed by atoms with E-state index in [0.29, 0.717) is 5.75 Å². The van der Waals surface area contributed by atoms with Gasteiger partial charge < -0.3 is 10.4 Å². The Hall–Kier alpha value is -1.87. The fraction of sp³-hybridized carbons (Fsp3) is 0.294. The van der Waals surface area contributed by atoms with E-state index in [9.17, 15) is 9.50 Å². The van der Waals surface area contributed by atoms with Crippen LogP contribution in [0.4, 0.5) is 4.39 Å². The molecular formula is C17H20FNO. The number of hydrogen-bond donors (Lipinski definition) is 2. The smallest absolute Gasteiger partial charge is 0.123 e. The number of hydrogen-bond acceptors (Lipinski definition) is 2. The lowest BCUT2D eigenvalue weighted by atomic mass is 10.1. The standard InChI is InChI=1S/C17H20FNO/c1-12-9-15(10-13(2)17(12)20)11-19-8-7-14-3-5-16(18)6-4-14/h3-6,9-10,19-20H,7-8,11H2,1-2H3. The van der Waals surface area contributed by atoms with Gasteiger partial charge in [0.15, 0.2) is 0 Å². The van der Waals surface area contributed by atoms with Gasteiger partial charge in [-0.3, -0.25) is 0 Å². The Labute approximate surface area is 119 Å². The third kappa shape index (κ3) is 3.81. The van der Waals surface area contributed by atoms with E-state index in [-0.39, 0.29) is 5.82 Å². The van der Waals surface area contributed by atoms with E-state index in [1.54, 1.807) is 0 Å². The number of phenols is 1. The highest BCUT2D eigenvalue weighted by Crippen LogP contribution is 2.22. The van der Waals surface area contributed by atoms with Crippen LogP contribution in [0.15, 0.2) is 36.4 Å². The molecule has 20 heavy (non-hydrogen) atoms. The Bertz CT molecular complexity index is 555. The molecule has 2 nitrogen and oxygen atoms in total. The average Bonchev–Trinajstić information content (AvgIpc) is 2.43. The molecule has 0 spiro atoms. The molecule has 2 N–H and O–H groups in total. The van der Waals surface area contributed by atoms with E-state index in [1.165, 1.54) is 12.1 Å². The molecule has 2 aromatic carbocycles. The van der Waals surface area contributed by atoms with Crippen LogP contribution in [0.2, 0.25) is 0 Å². The van der Waals surface area contributed by atoms with Crippen LogP contribution in [-0.2, 0) is 13.0 Å². The third-order valence-electron chi connectivity index (χ3n) is 3.38. The van der Waals surface area contributed by atoms with Crippen LogP contribution < -0.4 is 5.32 Å². The molecular weight excluding hydrogens is 253 g/mol. The van der Waals surface area contributed by atoms with E-state index < -0.39 is 0 Å². The predicted molar refractivity (Wildman–Crippen MR) is 79.4 cm³/mol. The van der Waals surface area contributed by atoms with Gasteiger partial charge in [-0.15, -0.1) is 0 Å². The molecule has 3 heteroatoms. The van der Waals surface area contributed by atoms with E-state index in [4.69, 9.17) is 0 Å². The van der Waals surface area contributed by atoms with Crippen molar-refractivity contribution in [2.45, 2.75) is 26.8 Å². The van der Waals surface area contributed by atoms with Crippen LogP contribution in [0.25, 0.3) is 0 Å². The molecule has 2 aromatic rings. The summed E-state index contributed by atoms with van der Waals surface area (Å²) in [6.07, 6.45) is 0.871. The van der Waals surface area contributed by atoms with Crippen molar-refractivity contribution in [2.75, 3.05) is 6.54 Å². The maximum atomic E-state index is 12.8. The fourth-order valence-corrected chi connectivity index (χ4v) is 2.26. The van der Waals surface area contributed by atoms with Crippen molar-refractivity contribution < 1.29 is 9.50 Å². The molecule has 0 fully saturated rings. The largest absolute Gasteiger partial charge is 0.507 e.